The molecule has 0 saturated heterocycles. The van der Waals surface area contributed by atoms with Gasteiger partial charge in [-0.3, -0.25) is 4.57 Å². The largest absolute Gasteiger partial charge is 0.477 e. The first-order valence-corrected chi connectivity index (χ1v) is 11.3. The Morgan fingerprint density at radius 1 is 1.33 bits per heavy atom. The summed E-state index contributed by atoms with van der Waals surface area (Å²) in [4.78, 5) is 13.0. The average molecular weight is 372 g/mol. The standard InChI is InChI=1S/C18H29O4PS/c1-12-6-8-14(9-7-12)23(21,22-5)11-13-10-15(18(2,3)4)24-16(13)17(19)20/h10,12,14H,6-9,11H2,1-5H3,(H,19,20). The zero-order valence-corrected chi connectivity index (χ0v) is 17.0. The highest BCUT2D eigenvalue weighted by Crippen LogP contribution is 2.59. The number of carbonyl (C=O) groups is 1. The van der Waals surface area contributed by atoms with E-state index < -0.39 is 13.3 Å². The summed E-state index contributed by atoms with van der Waals surface area (Å²) in [6.07, 6.45) is 4.19. The Morgan fingerprint density at radius 2 is 1.92 bits per heavy atom. The molecule has 2 rings (SSSR count). The third-order valence-corrected chi connectivity index (χ3v) is 9.60. The summed E-state index contributed by atoms with van der Waals surface area (Å²) < 4.78 is 18.9. The van der Waals surface area contributed by atoms with E-state index in [0.717, 1.165) is 30.6 Å². The van der Waals surface area contributed by atoms with Crippen LogP contribution in [0.1, 0.15) is 73.5 Å². The number of aromatic carboxylic acids is 1. The van der Waals surface area contributed by atoms with Gasteiger partial charge in [-0.15, -0.1) is 11.3 Å². The molecule has 1 unspecified atom stereocenters. The summed E-state index contributed by atoms with van der Waals surface area (Å²) in [5, 5.41) is 9.54. The molecule has 1 heterocycles. The van der Waals surface area contributed by atoms with Crippen LogP contribution in [0, 0.1) is 5.92 Å². The molecule has 0 aromatic carbocycles. The molecule has 1 aromatic rings. The van der Waals surface area contributed by atoms with Gasteiger partial charge in [-0.25, -0.2) is 4.79 Å². The molecule has 1 saturated carbocycles. The second kappa shape index (κ2) is 7.31. The van der Waals surface area contributed by atoms with E-state index in [1.165, 1.54) is 18.4 Å². The predicted molar refractivity (Wildman–Crippen MR) is 99.7 cm³/mol. The van der Waals surface area contributed by atoms with Crippen LogP contribution in [0.15, 0.2) is 6.07 Å². The highest BCUT2D eigenvalue weighted by molar-refractivity contribution is 7.59. The number of thiophene rings is 1. The quantitative estimate of drug-likeness (QED) is 0.669. The molecule has 24 heavy (non-hydrogen) atoms. The van der Waals surface area contributed by atoms with Gasteiger partial charge in [0, 0.05) is 17.6 Å². The average Bonchev–Trinajstić information content (AvgIpc) is 2.91. The zero-order valence-electron chi connectivity index (χ0n) is 15.3. The van der Waals surface area contributed by atoms with Crippen molar-refractivity contribution in [1.29, 1.82) is 0 Å². The Labute approximate surface area is 149 Å². The van der Waals surface area contributed by atoms with Gasteiger partial charge in [0.15, 0.2) is 0 Å². The van der Waals surface area contributed by atoms with Gasteiger partial charge in [0.05, 0.1) is 6.16 Å². The molecule has 1 fully saturated rings. The Balaban J connectivity index is 2.31. The van der Waals surface area contributed by atoms with Crippen LogP contribution in [0.25, 0.3) is 0 Å². The van der Waals surface area contributed by atoms with Gasteiger partial charge in [-0.2, -0.15) is 0 Å². The second-order valence-electron chi connectivity index (χ2n) is 8.00. The molecule has 1 atom stereocenters. The SMILES string of the molecule is COP(=O)(Cc1cc(C(C)(C)C)sc1C(=O)O)C1CCC(C)CC1. The third kappa shape index (κ3) is 4.30. The summed E-state index contributed by atoms with van der Waals surface area (Å²) in [6, 6.07) is 1.92. The van der Waals surface area contributed by atoms with E-state index in [1.807, 2.05) is 6.07 Å². The van der Waals surface area contributed by atoms with Crippen molar-refractivity contribution in [2.45, 2.75) is 70.6 Å². The number of hydrogen-bond donors (Lipinski definition) is 1. The molecule has 0 radical (unpaired) electrons. The van der Waals surface area contributed by atoms with Gasteiger partial charge in [0.1, 0.15) is 4.88 Å². The van der Waals surface area contributed by atoms with Crippen LogP contribution in [0.3, 0.4) is 0 Å². The van der Waals surface area contributed by atoms with Crippen molar-refractivity contribution >= 4 is 24.7 Å². The Bertz CT molecular complexity index is 636. The molecule has 1 aliphatic rings. The third-order valence-electron chi connectivity index (χ3n) is 4.98. The number of hydrogen-bond acceptors (Lipinski definition) is 4. The second-order valence-corrected chi connectivity index (χ2v) is 11.9. The van der Waals surface area contributed by atoms with Gasteiger partial charge < -0.3 is 9.63 Å². The Kier molecular flexibility index (Phi) is 5.99. The molecular formula is C18H29O4PS. The first-order valence-electron chi connectivity index (χ1n) is 8.58. The van der Waals surface area contributed by atoms with Gasteiger partial charge in [-0.05, 0) is 48.6 Å². The van der Waals surface area contributed by atoms with Crippen LogP contribution >= 0.6 is 18.7 Å². The maximum Gasteiger partial charge on any atom is 0.346 e. The first kappa shape index (κ1) is 19.7. The monoisotopic (exact) mass is 372 g/mol. The number of rotatable bonds is 5. The van der Waals surface area contributed by atoms with Crippen molar-refractivity contribution < 1.29 is 19.0 Å². The van der Waals surface area contributed by atoms with Crippen molar-refractivity contribution in [2.75, 3.05) is 7.11 Å². The lowest BCUT2D eigenvalue weighted by Gasteiger charge is -2.31. The fraction of sp³-hybridized carbons (Fsp3) is 0.722. The molecule has 0 aliphatic heterocycles. The lowest BCUT2D eigenvalue weighted by atomic mass is 9.91. The van der Waals surface area contributed by atoms with Gasteiger partial charge in [-0.1, -0.05) is 27.7 Å². The van der Waals surface area contributed by atoms with Crippen LogP contribution in [-0.4, -0.2) is 23.8 Å². The van der Waals surface area contributed by atoms with E-state index in [2.05, 4.69) is 27.7 Å². The van der Waals surface area contributed by atoms with Crippen molar-refractivity contribution in [3.8, 4) is 0 Å². The van der Waals surface area contributed by atoms with Crippen molar-refractivity contribution in [1.82, 2.24) is 0 Å². The van der Waals surface area contributed by atoms with E-state index in [9.17, 15) is 14.5 Å². The minimum Gasteiger partial charge on any atom is -0.477 e. The first-order chi connectivity index (χ1) is 11.1. The van der Waals surface area contributed by atoms with Crippen molar-refractivity contribution in [2.24, 2.45) is 5.92 Å². The summed E-state index contributed by atoms with van der Waals surface area (Å²) >= 11 is 1.30. The molecule has 136 valence electrons. The van der Waals surface area contributed by atoms with Gasteiger partial charge >= 0.3 is 5.97 Å². The lowest BCUT2D eigenvalue weighted by molar-refractivity contribution is 0.0701. The molecule has 0 amide bonds. The maximum atomic E-state index is 13.4. The molecule has 1 aromatic heterocycles. The van der Waals surface area contributed by atoms with E-state index in [1.54, 1.807) is 0 Å². The van der Waals surface area contributed by atoms with Crippen LogP contribution in [0.4, 0.5) is 0 Å². The molecule has 1 N–H and O–H groups in total. The molecule has 1 aliphatic carbocycles. The summed E-state index contributed by atoms with van der Waals surface area (Å²) in [6.45, 7) is 8.41. The Morgan fingerprint density at radius 3 is 2.38 bits per heavy atom. The van der Waals surface area contributed by atoms with Crippen molar-refractivity contribution in [3.63, 3.8) is 0 Å². The minimum atomic E-state index is -2.89. The van der Waals surface area contributed by atoms with Crippen LogP contribution in [-0.2, 0) is 20.7 Å². The smallest absolute Gasteiger partial charge is 0.346 e. The summed E-state index contributed by atoms with van der Waals surface area (Å²) in [5.41, 5.74) is 0.601. The molecule has 4 nitrogen and oxygen atoms in total. The van der Waals surface area contributed by atoms with Crippen LogP contribution in [0.2, 0.25) is 0 Å². The van der Waals surface area contributed by atoms with E-state index in [-0.39, 0.29) is 17.2 Å². The van der Waals surface area contributed by atoms with E-state index in [0.29, 0.717) is 16.4 Å². The van der Waals surface area contributed by atoms with E-state index in [4.69, 9.17) is 4.52 Å². The topological polar surface area (TPSA) is 63.6 Å². The predicted octanol–water partition coefficient (Wildman–Crippen LogP) is 5.75. The maximum absolute atomic E-state index is 13.4. The fourth-order valence-corrected chi connectivity index (χ4v) is 6.99. The number of carboxylic acid groups (broad SMARTS) is 1. The summed E-state index contributed by atoms with van der Waals surface area (Å²) in [5.74, 6) is -0.264. The Hall–Kier alpha value is -0.640. The van der Waals surface area contributed by atoms with Gasteiger partial charge in [0.25, 0.3) is 0 Å². The zero-order chi connectivity index (χ0) is 18.1. The van der Waals surface area contributed by atoms with E-state index >= 15 is 0 Å². The highest BCUT2D eigenvalue weighted by atomic mass is 32.1. The molecular weight excluding hydrogens is 343 g/mol. The van der Waals surface area contributed by atoms with Crippen LogP contribution < -0.4 is 0 Å². The lowest BCUT2D eigenvalue weighted by Crippen LogP contribution is -2.19. The molecule has 0 spiro atoms. The van der Waals surface area contributed by atoms with Crippen molar-refractivity contribution in [3.05, 3.63) is 21.4 Å². The minimum absolute atomic E-state index is 0.0540. The van der Waals surface area contributed by atoms with Crippen LogP contribution in [0.5, 0.6) is 0 Å². The highest BCUT2D eigenvalue weighted by Gasteiger charge is 2.37. The molecule has 0 bridgehead atoms. The number of carboxylic acids is 1. The normalized spacial score (nSPS) is 24.5. The summed E-state index contributed by atoms with van der Waals surface area (Å²) in [7, 11) is -1.38. The fourth-order valence-electron chi connectivity index (χ4n) is 3.31. The molecule has 6 heteroatoms. The van der Waals surface area contributed by atoms with Gasteiger partial charge in [0.2, 0.25) is 7.37 Å².